The molecule has 2 amide bonds. The summed E-state index contributed by atoms with van der Waals surface area (Å²) in [5.41, 5.74) is 1.99. The summed E-state index contributed by atoms with van der Waals surface area (Å²) < 4.78 is 41.4. The van der Waals surface area contributed by atoms with Gasteiger partial charge in [-0.25, -0.2) is 4.79 Å². The van der Waals surface area contributed by atoms with E-state index in [9.17, 15) is 13.2 Å². The molecule has 1 heterocycles. The Morgan fingerprint density at radius 1 is 1.11 bits per heavy atom. The van der Waals surface area contributed by atoms with Gasteiger partial charge >= 0.3 is 16.1 Å². The summed E-state index contributed by atoms with van der Waals surface area (Å²) >= 11 is 0. The molecule has 0 bridgehead atoms. The molecular weight excluding hydrogens is 482 g/mol. The van der Waals surface area contributed by atoms with Crippen molar-refractivity contribution in [2.24, 2.45) is 0 Å². The average Bonchev–Trinajstić information content (AvgIpc) is 3.39. The van der Waals surface area contributed by atoms with E-state index < -0.39 is 10.1 Å². The lowest BCUT2D eigenvalue weighted by atomic mass is 10.1. The van der Waals surface area contributed by atoms with Crippen LogP contribution in [0.4, 0.5) is 16.2 Å². The highest BCUT2D eigenvalue weighted by Gasteiger charge is 2.25. The van der Waals surface area contributed by atoms with Gasteiger partial charge in [-0.05, 0) is 51.8 Å². The molecule has 1 saturated heterocycles. The van der Waals surface area contributed by atoms with Crippen molar-refractivity contribution in [1.82, 2.24) is 4.90 Å². The number of nitrogens with zero attached hydrogens (tertiary/aromatic N) is 2. The lowest BCUT2D eigenvalue weighted by Gasteiger charge is -2.28. The monoisotopic (exact) mass is 519 g/mol. The number of benzene rings is 2. The van der Waals surface area contributed by atoms with Crippen molar-refractivity contribution in [2.45, 2.75) is 46.3 Å². The summed E-state index contributed by atoms with van der Waals surface area (Å²) in [7, 11) is -2.22. The number of rotatable bonds is 12. The molecule has 3 rings (SSSR count). The number of ether oxygens (including phenoxy) is 2. The molecule has 10 heteroatoms. The highest BCUT2D eigenvalue weighted by atomic mass is 32.2. The molecule has 0 unspecified atom stereocenters. The highest BCUT2D eigenvalue weighted by Crippen LogP contribution is 2.30. The molecule has 0 aliphatic carbocycles. The third-order valence-electron chi connectivity index (χ3n) is 6.19. The Labute approximate surface area is 214 Å². The van der Waals surface area contributed by atoms with Crippen LogP contribution >= 0.6 is 0 Å². The van der Waals surface area contributed by atoms with Crippen LogP contribution in [-0.4, -0.2) is 64.6 Å². The van der Waals surface area contributed by atoms with Crippen LogP contribution in [-0.2, 0) is 21.4 Å². The minimum absolute atomic E-state index is 0.0906. The van der Waals surface area contributed by atoms with Crippen LogP contribution in [0.2, 0.25) is 0 Å². The first-order valence-corrected chi connectivity index (χ1v) is 14.0. The lowest BCUT2D eigenvalue weighted by Crippen LogP contribution is -2.39. The van der Waals surface area contributed by atoms with Crippen molar-refractivity contribution < 1.29 is 26.9 Å². The zero-order chi connectivity index (χ0) is 26.1. The fraction of sp³-hybridized carbons (Fsp3) is 0.500. The number of anilines is 2. The van der Waals surface area contributed by atoms with Crippen molar-refractivity contribution in [3.63, 3.8) is 0 Å². The first kappa shape index (κ1) is 27.6. The fourth-order valence-corrected chi connectivity index (χ4v) is 4.68. The molecule has 1 aliphatic rings. The Bertz CT molecular complexity index is 1110. The molecule has 1 aliphatic heterocycles. The van der Waals surface area contributed by atoms with Crippen molar-refractivity contribution in [3.05, 3.63) is 48.0 Å². The Morgan fingerprint density at radius 3 is 2.50 bits per heavy atom. The summed E-state index contributed by atoms with van der Waals surface area (Å²) in [6.07, 6.45) is 1.70. The van der Waals surface area contributed by atoms with Gasteiger partial charge in [0.25, 0.3) is 0 Å². The first-order valence-electron chi connectivity index (χ1n) is 12.4. The maximum Gasteiger partial charge on any atom is 0.322 e. The van der Waals surface area contributed by atoms with Crippen LogP contribution < -0.4 is 19.1 Å². The number of para-hydroxylation sites is 2. The van der Waals surface area contributed by atoms with Gasteiger partial charge in [0.15, 0.2) is 0 Å². The Morgan fingerprint density at radius 2 is 1.86 bits per heavy atom. The molecule has 2 aromatic carbocycles. The van der Waals surface area contributed by atoms with Crippen LogP contribution in [0.1, 0.15) is 39.2 Å². The van der Waals surface area contributed by atoms with Gasteiger partial charge in [-0.2, -0.15) is 8.42 Å². The molecule has 198 valence electrons. The van der Waals surface area contributed by atoms with E-state index in [1.165, 1.54) is 6.92 Å². The Kier molecular flexibility index (Phi) is 9.83. The van der Waals surface area contributed by atoms with Gasteiger partial charge in [-0.15, -0.1) is 0 Å². The lowest BCUT2D eigenvalue weighted by molar-refractivity contribution is 0.0818. The average molecular weight is 520 g/mol. The smallest absolute Gasteiger partial charge is 0.322 e. The summed E-state index contributed by atoms with van der Waals surface area (Å²) in [4.78, 5) is 17.2. The number of urea groups is 1. The largest absolute Gasteiger partial charge is 0.495 e. The van der Waals surface area contributed by atoms with Gasteiger partial charge in [-0.3, -0.25) is 0 Å². The van der Waals surface area contributed by atoms with Crippen LogP contribution in [0.3, 0.4) is 0 Å². The van der Waals surface area contributed by atoms with Gasteiger partial charge in [0.05, 0.1) is 31.2 Å². The van der Waals surface area contributed by atoms with E-state index in [0.29, 0.717) is 30.2 Å². The van der Waals surface area contributed by atoms with Gasteiger partial charge in [-0.1, -0.05) is 18.2 Å². The zero-order valence-electron chi connectivity index (χ0n) is 21.5. The minimum Gasteiger partial charge on any atom is -0.495 e. The number of carbonyl (C=O) groups is 1. The summed E-state index contributed by atoms with van der Waals surface area (Å²) in [6, 6.07) is 12.3. The molecule has 1 N–H and O–H groups in total. The summed E-state index contributed by atoms with van der Waals surface area (Å²) in [6.45, 7) is 8.30. The van der Waals surface area contributed by atoms with E-state index >= 15 is 0 Å². The molecular formula is C26H37N3O6S. The normalized spacial score (nSPS) is 15.4. The van der Waals surface area contributed by atoms with E-state index in [1.807, 2.05) is 38.1 Å². The first-order chi connectivity index (χ1) is 17.3. The molecule has 1 fully saturated rings. The standard InChI is InChI=1S/C26H37N3O6S/c1-5-28(6-2)21-15-14-20(25(17-21)35-36(31,32)7-3)18-29(19-22-11-10-16-34-22)26(30)27-23-12-8-9-13-24(23)33-4/h8-9,12-15,17,22H,5-7,10-11,16,18-19H2,1-4H3,(H,27,30)/t22-/m1/s1. The van der Waals surface area contributed by atoms with Crippen LogP contribution in [0.5, 0.6) is 11.5 Å². The number of amides is 2. The minimum atomic E-state index is -3.77. The molecule has 0 saturated carbocycles. The van der Waals surface area contributed by atoms with E-state index in [4.69, 9.17) is 13.7 Å². The molecule has 0 spiro atoms. The SMILES string of the molecule is CCN(CC)c1ccc(CN(C[C@H]2CCCO2)C(=O)Nc2ccccc2OC)c(OS(=O)(=O)CC)c1. The maximum absolute atomic E-state index is 13.4. The van der Waals surface area contributed by atoms with Crippen LogP contribution in [0, 0.1) is 0 Å². The predicted octanol–water partition coefficient (Wildman–Crippen LogP) is 4.48. The van der Waals surface area contributed by atoms with Crippen molar-refractivity contribution in [3.8, 4) is 11.5 Å². The molecule has 9 nitrogen and oxygen atoms in total. The maximum atomic E-state index is 13.4. The van der Waals surface area contributed by atoms with Crippen LogP contribution in [0.15, 0.2) is 42.5 Å². The Hall–Kier alpha value is -2.98. The number of hydrogen-bond acceptors (Lipinski definition) is 7. The summed E-state index contributed by atoms with van der Waals surface area (Å²) in [5, 5.41) is 2.92. The number of nitrogens with one attached hydrogen (secondary N) is 1. The van der Waals surface area contributed by atoms with Gasteiger partial charge in [0, 0.05) is 43.6 Å². The molecule has 0 aromatic heterocycles. The predicted molar refractivity (Wildman–Crippen MR) is 141 cm³/mol. The van der Waals surface area contributed by atoms with Gasteiger partial charge in [0.2, 0.25) is 0 Å². The van der Waals surface area contributed by atoms with E-state index in [2.05, 4.69) is 10.2 Å². The molecule has 0 radical (unpaired) electrons. The molecule has 1 atom stereocenters. The Balaban J connectivity index is 1.93. The van der Waals surface area contributed by atoms with Crippen molar-refractivity contribution in [2.75, 3.05) is 49.3 Å². The second-order valence-electron chi connectivity index (χ2n) is 8.54. The third-order valence-corrected chi connectivity index (χ3v) is 7.34. The summed E-state index contributed by atoms with van der Waals surface area (Å²) in [5.74, 6) is 0.615. The topological polar surface area (TPSA) is 97.4 Å². The second-order valence-corrected chi connectivity index (χ2v) is 10.4. The zero-order valence-corrected chi connectivity index (χ0v) is 22.3. The van der Waals surface area contributed by atoms with E-state index in [0.717, 1.165) is 31.6 Å². The van der Waals surface area contributed by atoms with Crippen molar-refractivity contribution >= 4 is 27.5 Å². The van der Waals surface area contributed by atoms with E-state index in [1.54, 1.807) is 30.2 Å². The van der Waals surface area contributed by atoms with Crippen LogP contribution in [0.25, 0.3) is 0 Å². The molecule has 2 aromatic rings. The third kappa shape index (κ3) is 7.27. The second kappa shape index (κ2) is 12.8. The number of carbonyl (C=O) groups excluding carboxylic acids is 1. The molecule has 36 heavy (non-hydrogen) atoms. The quantitative estimate of drug-likeness (QED) is 0.413. The number of methoxy groups -OCH3 is 1. The van der Waals surface area contributed by atoms with Crippen molar-refractivity contribution in [1.29, 1.82) is 0 Å². The fourth-order valence-electron chi connectivity index (χ4n) is 4.13. The highest BCUT2D eigenvalue weighted by molar-refractivity contribution is 7.87. The van der Waals surface area contributed by atoms with Gasteiger partial charge < -0.3 is 28.8 Å². The van der Waals surface area contributed by atoms with E-state index in [-0.39, 0.29) is 30.2 Å². The number of hydrogen-bond donors (Lipinski definition) is 1. The van der Waals surface area contributed by atoms with Gasteiger partial charge in [0.1, 0.15) is 11.5 Å².